The average molecular weight is 690 g/mol. The van der Waals surface area contributed by atoms with Crippen LogP contribution in [-0.4, -0.2) is 27.4 Å². The Morgan fingerprint density at radius 1 is 0.673 bits per heavy atom. The number of aromatic nitrogens is 4. The lowest BCUT2D eigenvalue weighted by Crippen LogP contribution is -2.03. The largest absolute Gasteiger partial charge is 0.309 e. The number of sulfone groups is 1. The molecule has 0 saturated carbocycles. The first-order chi connectivity index (χ1) is 25.4. The van der Waals surface area contributed by atoms with Crippen LogP contribution in [0.3, 0.4) is 0 Å². The molecule has 0 amide bonds. The lowest BCUT2D eigenvalue weighted by atomic mass is 10.0. The van der Waals surface area contributed by atoms with Crippen molar-refractivity contribution >= 4 is 92.9 Å². The van der Waals surface area contributed by atoms with E-state index in [1.54, 1.807) is 18.2 Å². The molecule has 52 heavy (non-hydrogen) atoms. The maximum absolute atomic E-state index is 13.6. The highest BCUT2D eigenvalue weighted by atomic mass is 32.2. The lowest BCUT2D eigenvalue weighted by Gasteiger charge is -2.11. The second-order valence-electron chi connectivity index (χ2n) is 12.9. The topological polar surface area (TPSA) is 93.1 Å². The number of allylic oxidation sites excluding steroid dienone is 1. The standard InChI is InChI=1S/C44H27N5O2S/c1-3-8-35-34(4-2)46-36-23-33-31-10-7-12-39-42(31)43-40(22-21-32-30-9-5-6-11-38(30)49(44(32)43)41(33)24-37(36)47-35)48(39)27-15-19-29(20-16-27)52(50,51)28-17-13-26(25-45)14-18-28/h3-24H,2H2,1H3/b8-3-. The molecule has 10 aromatic rings. The first kappa shape index (κ1) is 30.0. The summed E-state index contributed by atoms with van der Waals surface area (Å²) in [5.74, 6) is 0. The summed E-state index contributed by atoms with van der Waals surface area (Å²) in [5, 5.41) is 15.8. The molecule has 0 fully saturated rings. The zero-order valence-corrected chi connectivity index (χ0v) is 28.7. The van der Waals surface area contributed by atoms with Crippen LogP contribution in [0.15, 0.2) is 138 Å². The summed E-state index contributed by atoms with van der Waals surface area (Å²) in [7, 11) is -3.79. The predicted octanol–water partition coefficient (Wildman–Crippen LogP) is 10.3. The number of fused-ring (bicyclic) bond motifs is 7. The van der Waals surface area contributed by atoms with Gasteiger partial charge in [0.25, 0.3) is 0 Å². The molecule has 0 bridgehead atoms. The molecule has 0 aliphatic heterocycles. The normalized spacial score (nSPS) is 12.5. The van der Waals surface area contributed by atoms with E-state index in [0.29, 0.717) is 5.56 Å². The van der Waals surface area contributed by atoms with Crippen LogP contribution in [0.25, 0.3) is 88.8 Å². The Morgan fingerprint density at radius 2 is 1.35 bits per heavy atom. The number of hydrogen-bond donors (Lipinski definition) is 0. The van der Waals surface area contributed by atoms with Crippen LogP contribution < -0.4 is 0 Å². The van der Waals surface area contributed by atoms with Gasteiger partial charge in [-0.1, -0.05) is 49.1 Å². The summed E-state index contributed by atoms with van der Waals surface area (Å²) < 4.78 is 31.7. The molecular weight excluding hydrogens is 663 g/mol. The Hall–Kier alpha value is -6.82. The minimum Gasteiger partial charge on any atom is -0.309 e. The Balaban J connectivity index is 1.31. The quantitative estimate of drug-likeness (QED) is 0.179. The molecule has 0 radical (unpaired) electrons. The first-order valence-electron chi connectivity index (χ1n) is 16.9. The molecule has 7 nitrogen and oxygen atoms in total. The first-order valence-corrected chi connectivity index (χ1v) is 18.4. The van der Waals surface area contributed by atoms with Gasteiger partial charge in [0.15, 0.2) is 0 Å². The van der Waals surface area contributed by atoms with Gasteiger partial charge >= 0.3 is 0 Å². The molecular formula is C44H27N5O2S. The van der Waals surface area contributed by atoms with E-state index in [1.807, 2.05) is 37.3 Å². The van der Waals surface area contributed by atoms with E-state index in [2.05, 4.69) is 82.3 Å². The van der Waals surface area contributed by atoms with Crippen molar-refractivity contribution in [3.05, 3.63) is 145 Å². The molecule has 0 aliphatic rings. The summed E-state index contributed by atoms with van der Waals surface area (Å²) >= 11 is 0. The zero-order chi connectivity index (χ0) is 35.3. The fraction of sp³-hybridized carbons (Fsp3) is 0.0227. The third-order valence-electron chi connectivity index (χ3n) is 10.2. The summed E-state index contributed by atoms with van der Waals surface area (Å²) in [6.07, 6.45) is 5.67. The van der Waals surface area contributed by atoms with Gasteiger partial charge in [-0.25, -0.2) is 18.4 Å². The van der Waals surface area contributed by atoms with Crippen molar-refractivity contribution in [3.8, 4) is 11.8 Å². The predicted molar refractivity (Wildman–Crippen MR) is 210 cm³/mol. The van der Waals surface area contributed by atoms with Gasteiger partial charge in [-0.2, -0.15) is 5.26 Å². The van der Waals surface area contributed by atoms with Crippen LogP contribution in [0, 0.1) is 11.3 Å². The molecule has 10 rings (SSSR count). The van der Waals surface area contributed by atoms with E-state index in [-0.39, 0.29) is 9.79 Å². The number of nitriles is 1. The third kappa shape index (κ3) is 4.02. The monoisotopic (exact) mass is 689 g/mol. The fourth-order valence-electron chi connectivity index (χ4n) is 7.92. The molecule has 0 spiro atoms. The van der Waals surface area contributed by atoms with Crippen molar-refractivity contribution in [2.45, 2.75) is 16.7 Å². The number of benzene rings is 6. The van der Waals surface area contributed by atoms with Crippen molar-refractivity contribution < 1.29 is 8.42 Å². The molecule has 4 heterocycles. The maximum atomic E-state index is 13.6. The number of para-hydroxylation sites is 1. The summed E-state index contributed by atoms with van der Waals surface area (Å²) in [6, 6.07) is 38.7. The summed E-state index contributed by atoms with van der Waals surface area (Å²) in [6.45, 7) is 5.97. The Kier molecular flexibility index (Phi) is 6.26. The Bertz CT molecular complexity index is 3330. The van der Waals surface area contributed by atoms with Crippen LogP contribution in [0.5, 0.6) is 0 Å². The van der Waals surface area contributed by atoms with Crippen LogP contribution in [0.4, 0.5) is 0 Å². The van der Waals surface area contributed by atoms with E-state index < -0.39 is 9.84 Å². The molecule has 8 heteroatoms. The SMILES string of the molecule is C=Cc1nc2cc3c4cccc5c4c4c(ccc6c7ccccc7n(c3cc2nc1/C=C\C)c64)n5-c1ccc(S(=O)(=O)c2ccc(C#N)cc2)cc1. The lowest BCUT2D eigenvalue weighted by molar-refractivity contribution is 0.596. The molecule has 0 aliphatic carbocycles. The van der Waals surface area contributed by atoms with Gasteiger partial charge in [0.05, 0.1) is 71.4 Å². The molecule has 0 unspecified atom stereocenters. The molecule has 0 saturated heterocycles. The van der Waals surface area contributed by atoms with E-state index in [9.17, 15) is 13.7 Å². The van der Waals surface area contributed by atoms with Gasteiger partial charge < -0.3 is 8.97 Å². The third-order valence-corrected chi connectivity index (χ3v) is 12.0. The van der Waals surface area contributed by atoms with Gasteiger partial charge in [-0.3, -0.25) is 0 Å². The van der Waals surface area contributed by atoms with E-state index in [1.165, 1.54) is 24.3 Å². The zero-order valence-electron chi connectivity index (χ0n) is 27.9. The van der Waals surface area contributed by atoms with E-state index in [4.69, 9.17) is 9.97 Å². The van der Waals surface area contributed by atoms with Gasteiger partial charge in [0.1, 0.15) is 0 Å². The smallest absolute Gasteiger partial charge is 0.206 e. The average Bonchev–Trinajstić information content (AvgIpc) is 3.66. The van der Waals surface area contributed by atoms with Crippen LogP contribution >= 0.6 is 0 Å². The number of nitrogens with zero attached hydrogens (tertiary/aromatic N) is 5. The minimum atomic E-state index is -3.79. The van der Waals surface area contributed by atoms with E-state index >= 15 is 0 Å². The van der Waals surface area contributed by atoms with Crippen molar-refractivity contribution in [3.63, 3.8) is 0 Å². The van der Waals surface area contributed by atoms with Crippen molar-refractivity contribution in [2.24, 2.45) is 0 Å². The molecule has 6 aromatic carbocycles. The van der Waals surface area contributed by atoms with Crippen molar-refractivity contribution in [1.29, 1.82) is 5.26 Å². The fourth-order valence-corrected chi connectivity index (χ4v) is 9.18. The van der Waals surface area contributed by atoms with Gasteiger partial charge in [0.2, 0.25) is 9.84 Å². The van der Waals surface area contributed by atoms with Crippen molar-refractivity contribution in [2.75, 3.05) is 0 Å². The highest BCUT2D eigenvalue weighted by Crippen LogP contribution is 2.45. The molecule has 246 valence electrons. The maximum Gasteiger partial charge on any atom is 0.206 e. The molecule has 0 atom stereocenters. The van der Waals surface area contributed by atoms with Gasteiger partial charge in [-0.15, -0.1) is 0 Å². The van der Waals surface area contributed by atoms with Gasteiger partial charge in [-0.05, 0) is 103 Å². The molecule has 0 N–H and O–H groups in total. The summed E-state index contributed by atoms with van der Waals surface area (Å²) in [4.78, 5) is 10.4. The second-order valence-corrected chi connectivity index (χ2v) is 14.9. The number of hydrogen-bond acceptors (Lipinski definition) is 5. The van der Waals surface area contributed by atoms with Crippen LogP contribution in [0.2, 0.25) is 0 Å². The minimum absolute atomic E-state index is 0.146. The highest BCUT2D eigenvalue weighted by Gasteiger charge is 2.24. The number of rotatable bonds is 5. The van der Waals surface area contributed by atoms with Crippen LogP contribution in [0.1, 0.15) is 23.9 Å². The second kappa shape index (κ2) is 10.8. The van der Waals surface area contributed by atoms with E-state index in [0.717, 1.165) is 88.0 Å². The molecule has 4 aromatic heterocycles. The Labute approximate surface area is 297 Å². The van der Waals surface area contributed by atoms with Gasteiger partial charge in [0, 0.05) is 32.6 Å². The van der Waals surface area contributed by atoms with Crippen LogP contribution in [-0.2, 0) is 9.84 Å². The van der Waals surface area contributed by atoms with Crippen molar-refractivity contribution in [1.82, 2.24) is 18.9 Å². The Morgan fingerprint density at radius 3 is 2.10 bits per heavy atom. The summed E-state index contributed by atoms with van der Waals surface area (Å²) in [5.41, 5.74) is 9.60. The highest BCUT2D eigenvalue weighted by molar-refractivity contribution is 7.91.